The van der Waals surface area contributed by atoms with Crippen molar-refractivity contribution < 1.29 is 457 Å². The molecule has 9 radical (unpaired) electrons. The van der Waals surface area contributed by atoms with Crippen LogP contribution in [0.5, 0.6) is 0 Å². The number of rotatable bonds is 6. The summed E-state index contributed by atoms with van der Waals surface area (Å²) < 4.78 is 14.6. The number of hydrogen-bond donors (Lipinski definition) is 10. The van der Waals surface area contributed by atoms with E-state index in [4.69, 9.17) is 75.3 Å². The fourth-order valence-corrected chi connectivity index (χ4v) is 4.84. The van der Waals surface area contributed by atoms with Crippen LogP contribution in [0.4, 0.5) is 0 Å². The number of alkyl halides is 3. The summed E-state index contributed by atoms with van der Waals surface area (Å²) in [5.74, 6) is 0. The quantitative estimate of drug-likeness (QED) is 0.113. The van der Waals surface area contributed by atoms with Gasteiger partial charge in [-0.05, 0) is 24.9 Å². The van der Waals surface area contributed by atoms with E-state index in [2.05, 4.69) is 26.9 Å². The minimum Gasteiger partial charge on any atom is -0.394 e. The smallest absolute Gasteiger partial charge is 0.159 e. The standard InChI is InChI=1S/C15H22ClNO4.2C5H9ClO4.CH4.9Ac/c16-15-12(14(20)13(19)11(9-18)21-15)17-8-4-7-10-5-2-1-3-6-10;2*6-5-4(9)3(8)2(7)1-10-5;;;;;;;;;;/h1-3,5-6,11-15,17-20H,4,7-9H2;2*2-5,7-9H,1H2;1H4;;;;;;;;;/t11-,12?,13?,14?,15?;;;;;;;;;;;;/m1............/s1. The van der Waals surface area contributed by atoms with E-state index in [0.29, 0.717) is 6.54 Å². The molecule has 10 N–H and O–H groups in total. The van der Waals surface area contributed by atoms with Crippen LogP contribution in [0, 0.1) is 397 Å². The Morgan fingerprint density at radius 2 is 1.00 bits per heavy atom. The van der Waals surface area contributed by atoms with Crippen molar-refractivity contribution in [3.8, 4) is 0 Å². The van der Waals surface area contributed by atoms with E-state index in [9.17, 15) is 10.2 Å². The monoisotopic (exact) mass is 2710 g/mol. The second kappa shape index (κ2) is 49.0. The van der Waals surface area contributed by atoms with E-state index in [1.807, 2.05) is 18.2 Å². The first kappa shape index (κ1) is 83.6. The maximum absolute atomic E-state index is 10.0. The molecular formula is C26H44Ac9Cl3NO12. The molecule has 25 heteroatoms. The van der Waals surface area contributed by atoms with Crippen molar-refractivity contribution >= 4 is 34.8 Å². The second-order valence-electron chi connectivity index (χ2n) is 9.72. The van der Waals surface area contributed by atoms with Gasteiger partial charge in [-0.1, -0.05) is 72.6 Å². The maximum Gasteiger partial charge on any atom is 0.159 e. The Balaban J connectivity index is -0.0000000733. The summed E-state index contributed by atoms with van der Waals surface area (Å²) in [5.41, 5.74) is -1.36. The average molecular weight is 2710 g/mol. The summed E-state index contributed by atoms with van der Waals surface area (Å²) in [6.07, 6.45) is -8.11. The van der Waals surface area contributed by atoms with Crippen LogP contribution < -0.4 is 5.32 Å². The molecule has 3 saturated heterocycles. The number of aryl methyl sites for hydroxylation is 1. The maximum atomic E-state index is 10.0. The number of benzene rings is 1. The molecule has 0 aromatic heterocycles. The molecule has 0 aliphatic carbocycles. The third-order valence-corrected chi connectivity index (χ3v) is 7.75. The van der Waals surface area contributed by atoms with Gasteiger partial charge in [-0.3, -0.25) is 0 Å². The molecule has 4 rings (SSSR count). The fraction of sp³-hybridized carbons (Fsp3) is 0.769. The second-order valence-corrected chi connectivity index (χ2v) is 11.0. The SMILES string of the molecule is C.OC1COC(Cl)C(O)C1O.OC1COC(Cl)C(O)C1O.OC[C@H]1OC(Cl)C(NCCCc2ccccc2)C(O)C1O.[Ac].[Ac].[Ac].[Ac].[Ac].[Ac].[Ac].[Ac].[Ac]. The van der Waals surface area contributed by atoms with Gasteiger partial charge in [0, 0.05) is 397 Å². The van der Waals surface area contributed by atoms with Gasteiger partial charge in [0.25, 0.3) is 0 Å². The van der Waals surface area contributed by atoms with Crippen LogP contribution in [0.2, 0.25) is 0 Å². The van der Waals surface area contributed by atoms with Gasteiger partial charge in [-0.2, -0.15) is 0 Å². The number of ether oxygens (including phenoxy) is 3. The average Bonchev–Trinajstić information content (AvgIpc) is 2.97. The first-order chi connectivity index (χ1) is 19.4. The van der Waals surface area contributed by atoms with E-state index < -0.39 is 77.7 Å². The van der Waals surface area contributed by atoms with Gasteiger partial charge in [0.1, 0.15) is 60.5 Å². The van der Waals surface area contributed by atoms with Crippen LogP contribution in [0.3, 0.4) is 0 Å². The normalized spacial score (nSPS) is 32.9. The molecule has 1 aromatic rings. The molecule has 0 saturated carbocycles. The van der Waals surface area contributed by atoms with Gasteiger partial charge in [0.05, 0.1) is 25.9 Å². The molecule has 0 amide bonds. The zero-order chi connectivity index (χ0) is 30.7. The van der Waals surface area contributed by atoms with E-state index in [-0.39, 0.29) is 424 Å². The summed E-state index contributed by atoms with van der Waals surface area (Å²) >= 11 is 16.8. The van der Waals surface area contributed by atoms with Crippen LogP contribution >= 0.6 is 34.8 Å². The Bertz CT molecular complexity index is 830. The first-order valence-corrected chi connectivity index (χ1v) is 14.3. The Kier molecular flexibility index (Phi) is 80.2. The Hall–Kier alpha value is 12.5. The summed E-state index contributed by atoms with van der Waals surface area (Å²) in [4.78, 5) is 0. The van der Waals surface area contributed by atoms with Crippen molar-refractivity contribution in [1.29, 1.82) is 0 Å². The molecule has 273 valence electrons. The minimum atomic E-state index is -1.20. The fourth-order valence-electron chi connectivity index (χ4n) is 4.03. The summed E-state index contributed by atoms with van der Waals surface area (Å²) in [5, 5.41) is 85.6. The number of hydrogen-bond acceptors (Lipinski definition) is 13. The number of halogens is 3. The molecule has 0 bridgehead atoms. The Labute approximate surface area is 638 Å². The van der Waals surface area contributed by atoms with Gasteiger partial charge >= 0.3 is 0 Å². The number of aliphatic hydroxyl groups excluding tert-OH is 9. The first-order valence-electron chi connectivity index (χ1n) is 13.0. The predicted molar refractivity (Wildman–Crippen MR) is 154 cm³/mol. The summed E-state index contributed by atoms with van der Waals surface area (Å²) in [6.45, 7) is 0.209. The van der Waals surface area contributed by atoms with Gasteiger partial charge in [0.2, 0.25) is 0 Å². The van der Waals surface area contributed by atoms with Crippen molar-refractivity contribution in [2.24, 2.45) is 0 Å². The van der Waals surface area contributed by atoms with E-state index in [0.717, 1.165) is 12.8 Å². The molecule has 3 aliphatic heterocycles. The summed E-state index contributed by atoms with van der Waals surface area (Å²) in [6, 6.07) is 9.56. The van der Waals surface area contributed by atoms with Crippen LogP contribution in [-0.2, 0) is 20.6 Å². The van der Waals surface area contributed by atoms with Crippen molar-refractivity contribution in [1.82, 2.24) is 5.32 Å². The number of nitrogens with one attached hydrogen (secondary N) is 1. The van der Waals surface area contributed by atoms with Crippen LogP contribution in [-0.4, -0.2) is 150 Å². The van der Waals surface area contributed by atoms with Gasteiger partial charge in [-0.25, -0.2) is 0 Å². The van der Waals surface area contributed by atoms with Gasteiger partial charge < -0.3 is 65.5 Å². The predicted octanol–water partition coefficient (Wildman–Crippen LogP) is -1.78. The summed E-state index contributed by atoms with van der Waals surface area (Å²) in [7, 11) is 0. The van der Waals surface area contributed by atoms with E-state index >= 15 is 0 Å². The largest absolute Gasteiger partial charge is 0.394 e. The van der Waals surface area contributed by atoms with Crippen LogP contribution in [0.15, 0.2) is 30.3 Å². The molecule has 3 heterocycles. The van der Waals surface area contributed by atoms with Gasteiger partial charge in [-0.15, -0.1) is 0 Å². The molecule has 13 atom stereocenters. The van der Waals surface area contributed by atoms with Crippen LogP contribution in [0.1, 0.15) is 19.4 Å². The van der Waals surface area contributed by atoms with Crippen molar-refractivity contribution in [2.75, 3.05) is 26.4 Å². The topological polar surface area (TPSA) is 222 Å². The molecule has 3 aliphatic rings. The van der Waals surface area contributed by atoms with Crippen molar-refractivity contribution in [3.05, 3.63) is 35.9 Å². The minimum absolute atomic E-state index is 0. The van der Waals surface area contributed by atoms with E-state index in [1.165, 1.54) is 5.56 Å². The number of aliphatic hydroxyl groups is 9. The Morgan fingerprint density at radius 1 is 0.588 bits per heavy atom. The third kappa shape index (κ3) is 32.8. The molecule has 1 aromatic carbocycles. The zero-order valence-electron chi connectivity index (χ0n) is 27.2. The third-order valence-electron chi connectivity index (χ3n) is 6.61. The van der Waals surface area contributed by atoms with Gasteiger partial charge in [0.15, 0.2) is 11.1 Å². The van der Waals surface area contributed by atoms with E-state index in [1.54, 1.807) is 0 Å². The molecule has 13 nitrogen and oxygen atoms in total. The molecule has 0 spiro atoms. The van der Waals surface area contributed by atoms with Crippen molar-refractivity contribution in [3.63, 3.8) is 0 Å². The van der Waals surface area contributed by atoms with Crippen LogP contribution in [0.25, 0.3) is 0 Å². The molecule has 3 fully saturated rings. The molecule has 51 heavy (non-hydrogen) atoms. The molecular weight excluding hydrogens is 2670 g/mol. The Morgan fingerprint density at radius 3 is 1.37 bits per heavy atom. The zero-order valence-corrected chi connectivity index (χ0v) is 72.2. The molecule has 12 unspecified atom stereocenters. The van der Waals surface area contributed by atoms with Crippen molar-refractivity contribution in [2.45, 2.75) is 97.9 Å².